The summed E-state index contributed by atoms with van der Waals surface area (Å²) in [4.78, 5) is 13.9. The van der Waals surface area contributed by atoms with Crippen LogP contribution in [0, 0.1) is 13.8 Å². The van der Waals surface area contributed by atoms with Crippen molar-refractivity contribution in [3.63, 3.8) is 0 Å². The Bertz CT molecular complexity index is 401. The predicted octanol–water partition coefficient (Wildman–Crippen LogP) is 3.39. The van der Waals surface area contributed by atoms with Gasteiger partial charge < -0.3 is 4.90 Å². The van der Waals surface area contributed by atoms with Crippen molar-refractivity contribution in [2.45, 2.75) is 32.6 Å². The molecule has 0 radical (unpaired) electrons. The van der Waals surface area contributed by atoms with Crippen molar-refractivity contribution in [1.29, 1.82) is 0 Å². The van der Waals surface area contributed by atoms with Gasteiger partial charge >= 0.3 is 0 Å². The van der Waals surface area contributed by atoms with Crippen LogP contribution in [-0.2, 0) is 0 Å². The maximum atomic E-state index is 12.2. The standard InChI is InChI=1S/C14H20ClNO/c1-10-6-5-7-13(12(10)3)14(17)16(4)9-8-11(2)15/h5-7,11H,8-9H2,1-4H3. The molecule has 0 fully saturated rings. The molecule has 94 valence electrons. The fraction of sp³-hybridized carbons (Fsp3) is 0.500. The number of halogens is 1. The van der Waals surface area contributed by atoms with E-state index in [2.05, 4.69) is 0 Å². The second kappa shape index (κ2) is 6.06. The molecule has 0 saturated carbocycles. The molecule has 2 nitrogen and oxygen atoms in total. The van der Waals surface area contributed by atoms with Crippen molar-refractivity contribution in [2.24, 2.45) is 0 Å². The summed E-state index contributed by atoms with van der Waals surface area (Å²) in [5, 5.41) is 0.101. The van der Waals surface area contributed by atoms with Gasteiger partial charge in [0.2, 0.25) is 0 Å². The molecule has 0 spiro atoms. The first-order valence-corrected chi connectivity index (χ1v) is 6.33. The molecule has 0 aromatic heterocycles. The van der Waals surface area contributed by atoms with Crippen LogP contribution in [0.2, 0.25) is 0 Å². The van der Waals surface area contributed by atoms with Gasteiger partial charge in [-0.3, -0.25) is 4.79 Å². The Kier molecular flexibility index (Phi) is 5.01. The molecule has 0 saturated heterocycles. The Morgan fingerprint density at radius 1 is 1.41 bits per heavy atom. The van der Waals surface area contributed by atoms with Crippen molar-refractivity contribution >= 4 is 17.5 Å². The van der Waals surface area contributed by atoms with Gasteiger partial charge in [0.1, 0.15) is 0 Å². The van der Waals surface area contributed by atoms with Crippen molar-refractivity contribution in [1.82, 2.24) is 4.90 Å². The zero-order valence-corrected chi connectivity index (χ0v) is 11.7. The molecular formula is C14H20ClNO. The van der Waals surface area contributed by atoms with E-state index in [1.807, 2.05) is 46.0 Å². The minimum atomic E-state index is 0.0727. The van der Waals surface area contributed by atoms with Gasteiger partial charge in [-0.2, -0.15) is 0 Å². The zero-order valence-electron chi connectivity index (χ0n) is 11.0. The van der Waals surface area contributed by atoms with E-state index in [1.165, 1.54) is 0 Å². The lowest BCUT2D eigenvalue weighted by molar-refractivity contribution is 0.0793. The molecule has 1 rings (SSSR count). The number of hydrogen-bond donors (Lipinski definition) is 0. The third kappa shape index (κ3) is 3.74. The summed E-state index contributed by atoms with van der Waals surface area (Å²) in [6.45, 7) is 6.64. The molecule has 17 heavy (non-hydrogen) atoms. The molecule has 1 amide bonds. The lowest BCUT2D eigenvalue weighted by atomic mass is 10.0. The molecule has 1 atom stereocenters. The number of amides is 1. The summed E-state index contributed by atoms with van der Waals surface area (Å²) in [7, 11) is 1.82. The number of hydrogen-bond acceptors (Lipinski definition) is 1. The molecule has 1 aromatic rings. The highest BCUT2D eigenvalue weighted by Crippen LogP contribution is 2.15. The van der Waals surface area contributed by atoms with Gasteiger partial charge in [-0.05, 0) is 44.4 Å². The number of carbonyl (C=O) groups excluding carboxylic acids is 1. The number of alkyl halides is 1. The third-order valence-electron chi connectivity index (χ3n) is 3.04. The van der Waals surface area contributed by atoms with Gasteiger partial charge in [-0.15, -0.1) is 11.6 Å². The maximum absolute atomic E-state index is 12.2. The lowest BCUT2D eigenvalue weighted by Gasteiger charge is -2.19. The van der Waals surface area contributed by atoms with Crippen molar-refractivity contribution < 1.29 is 4.79 Å². The highest BCUT2D eigenvalue weighted by Gasteiger charge is 2.14. The van der Waals surface area contributed by atoms with Gasteiger partial charge in [0, 0.05) is 24.5 Å². The molecule has 1 aromatic carbocycles. The van der Waals surface area contributed by atoms with Crippen LogP contribution in [0.15, 0.2) is 18.2 Å². The van der Waals surface area contributed by atoms with Gasteiger partial charge in [-0.25, -0.2) is 0 Å². The van der Waals surface area contributed by atoms with Crippen LogP contribution in [0.4, 0.5) is 0 Å². The summed E-state index contributed by atoms with van der Waals surface area (Å²) in [5.74, 6) is 0.0727. The average molecular weight is 254 g/mol. The summed E-state index contributed by atoms with van der Waals surface area (Å²) < 4.78 is 0. The SMILES string of the molecule is Cc1cccc(C(=O)N(C)CCC(C)Cl)c1C. The summed E-state index contributed by atoms with van der Waals surface area (Å²) >= 11 is 5.89. The molecular weight excluding hydrogens is 234 g/mol. The molecule has 1 unspecified atom stereocenters. The summed E-state index contributed by atoms with van der Waals surface area (Å²) in [6.07, 6.45) is 0.814. The van der Waals surface area contributed by atoms with E-state index in [-0.39, 0.29) is 11.3 Å². The Morgan fingerprint density at radius 2 is 2.06 bits per heavy atom. The maximum Gasteiger partial charge on any atom is 0.253 e. The minimum Gasteiger partial charge on any atom is -0.342 e. The first kappa shape index (κ1) is 14.0. The van der Waals surface area contributed by atoms with E-state index in [1.54, 1.807) is 4.90 Å². The van der Waals surface area contributed by atoms with Crippen LogP contribution >= 0.6 is 11.6 Å². The lowest BCUT2D eigenvalue weighted by Crippen LogP contribution is -2.29. The molecule has 0 aliphatic heterocycles. The Labute approximate surface area is 109 Å². The smallest absolute Gasteiger partial charge is 0.253 e. The van der Waals surface area contributed by atoms with Gasteiger partial charge in [0.15, 0.2) is 0 Å². The molecule has 0 aliphatic rings. The first-order chi connectivity index (χ1) is 7.93. The van der Waals surface area contributed by atoms with Gasteiger partial charge in [0.05, 0.1) is 0 Å². The van der Waals surface area contributed by atoms with Crippen LogP contribution in [0.25, 0.3) is 0 Å². The van der Waals surface area contributed by atoms with Crippen LogP contribution < -0.4 is 0 Å². The largest absolute Gasteiger partial charge is 0.342 e. The third-order valence-corrected chi connectivity index (χ3v) is 3.26. The predicted molar refractivity (Wildman–Crippen MR) is 72.8 cm³/mol. The Morgan fingerprint density at radius 3 is 2.65 bits per heavy atom. The normalized spacial score (nSPS) is 12.3. The monoisotopic (exact) mass is 253 g/mol. The van der Waals surface area contributed by atoms with Crippen LogP contribution in [0.5, 0.6) is 0 Å². The number of benzene rings is 1. The van der Waals surface area contributed by atoms with E-state index in [0.717, 1.165) is 23.1 Å². The fourth-order valence-corrected chi connectivity index (χ4v) is 1.76. The molecule has 0 bridgehead atoms. The zero-order chi connectivity index (χ0) is 13.0. The average Bonchev–Trinajstić information content (AvgIpc) is 2.28. The molecule has 0 N–H and O–H groups in total. The summed E-state index contributed by atoms with van der Waals surface area (Å²) in [6, 6.07) is 5.83. The Balaban J connectivity index is 2.78. The van der Waals surface area contributed by atoms with Gasteiger partial charge in [0.25, 0.3) is 5.91 Å². The van der Waals surface area contributed by atoms with Crippen LogP contribution in [0.3, 0.4) is 0 Å². The van der Waals surface area contributed by atoms with E-state index in [0.29, 0.717) is 6.54 Å². The second-order valence-corrected chi connectivity index (χ2v) is 5.29. The molecule has 0 aliphatic carbocycles. The number of carbonyl (C=O) groups is 1. The highest BCUT2D eigenvalue weighted by molar-refractivity contribution is 6.20. The van der Waals surface area contributed by atoms with E-state index in [9.17, 15) is 4.79 Å². The minimum absolute atomic E-state index is 0.0727. The van der Waals surface area contributed by atoms with Crippen molar-refractivity contribution in [3.8, 4) is 0 Å². The number of rotatable bonds is 4. The van der Waals surface area contributed by atoms with E-state index in [4.69, 9.17) is 11.6 Å². The molecule has 3 heteroatoms. The topological polar surface area (TPSA) is 20.3 Å². The number of nitrogens with zero attached hydrogens (tertiary/aromatic N) is 1. The van der Waals surface area contributed by atoms with E-state index < -0.39 is 0 Å². The van der Waals surface area contributed by atoms with Crippen LogP contribution in [-0.4, -0.2) is 29.8 Å². The first-order valence-electron chi connectivity index (χ1n) is 5.89. The van der Waals surface area contributed by atoms with E-state index >= 15 is 0 Å². The van der Waals surface area contributed by atoms with Gasteiger partial charge in [-0.1, -0.05) is 12.1 Å². The summed E-state index contributed by atoms with van der Waals surface area (Å²) in [5.41, 5.74) is 2.99. The van der Waals surface area contributed by atoms with Crippen molar-refractivity contribution in [3.05, 3.63) is 34.9 Å². The highest BCUT2D eigenvalue weighted by atomic mass is 35.5. The second-order valence-electron chi connectivity index (χ2n) is 4.54. The quantitative estimate of drug-likeness (QED) is 0.754. The number of aryl methyl sites for hydroxylation is 1. The van der Waals surface area contributed by atoms with Crippen LogP contribution in [0.1, 0.15) is 34.8 Å². The van der Waals surface area contributed by atoms with Crippen molar-refractivity contribution in [2.75, 3.05) is 13.6 Å². The fourth-order valence-electron chi connectivity index (χ4n) is 1.66. The Hall–Kier alpha value is -1.02. The molecule has 0 heterocycles.